The molecule has 0 amide bonds. The first-order chi connectivity index (χ1) is 22.8. The minimum atomic E-state index is 0.844. The van der Waals surface area contributed by atoms with Crippen molar-refractivity contribution in [2.24, 2.45) is 0 Å². The summed E-state index contributed by atoms with van der Waals surface area (Å²) in [5.74, 6) is 2.75. The van der Waals surface area contributed by atoms with Gasteiger partial charge in [0.05, 0.1) is 11.2 Å². The Hall–Kier alpha value is -5.93. The van der Waals surface area contributed by atoms with E-state index in [1.54, 1.807) is 0 Å². The maximum atomic E-state index is 6.60. The average molecular weight is 589 g/mol. The number of imidazole rings is 1. The van der Waals surface area contributed by atoms with E-state index in [1.165, 1.54) is 59.8 Å². The zero-order valence-electron chi connectivity index (χ0n) is 25.3. The van der Waals surface area contributed by atoms with Crippen LogP contribution in [-0.4, -0.2) is 9.55 Å². The number of fused-ring (bicyclic) bond motifs is 7. The van der Waals surface area contributed by atoms with E-state index in [9.17, 15) is 0 Å². The zero-order valence-corrected chi connectivity index (χ0v) is 25.3. The SMILES string of the molecule is CCc1nc2cccc3c2n1-c1ccc(-c2c4ccccc4c(-c4ccc5ccc6ccccc6c5c4)c4ccccc24)cc1O3. The second-order valence-corrected chi connectivity index (χ2v) is 12.2. The Balaban J connectivity index is 1.24. The number of aryl methyl sites for hydroxylation is 1. The topological polar surface area (TPSA) is 27.1 Å². The van der Waals surface area contributed by atoms with E-state index in [4.69, 9.17) is 9.72 Å². The zero-order chi connectivity index (χ0) is 30.4. The van der Waals surface area contributed by atoms with E-state index in [0.29, 0.717) is 0 Å². The lowest BCUT2D eigenvalue weighted by Gasteiger charge is -2.23. The van der Waals surface area contributed by atoms with Gasteiger partial charge in [-0.15, -0.1) is 0 Å². The van der Waals surface area contributed by atoms with Gasteiger partial charge in [-0.25, -0.2) is 4.98 Å². The summed E-state index contributed by atoms with van der Waals surface area (Å²) in [7, 11) is 0. The summed E-state index contributed by atoms with van der Waals surface area (Å²) in [5.41, 5.74) is 7.90. The van der Waals surface area contributed by atoms with Crippen LogP contribution < -0.4 is 4.74 Å². The third kappa shape index (κ3) is 3.51. The molecule has 1 aliphatic rings. The molecule has 10 rings (SSSR count). The van der Waals surface area contributed by atoms with Crippen molar-refractivity contribution in [3.63, 3.8) is 0 Å². The number of hydrogen-bond acceptors (Lipinski definition) is 2. The molecule has 0 bridgehead atoms. The van der Waals surface area contributed by atoms with Crippen LogP contribution >= 0.6 is 0 Å². The lowest BCUT2D eigenvalue weighted by molar-refractivity contribution is 0.474. The van der Waals surface area contributed by atoms with Crippen molar-refractivity contribution in [2.75, 3.05) is 0 Å². The van der Waals surface area contributed by atoms with Gasteiger partial charge in [-0.05, 0) is 95.7 Å². The minimum Gasteiger partial charge on any atom is -0.453 e. The molecule has 0 saturated heterocycles. The minimum absolute atomic E-state index is 0.844. The number of ether oxygens (including phenoxy) is 1. The number of rotatable bonds is 3. The molecule has 2 heterocycles. The second kappa shape index (κ2) is 9.53. The van der Waals surface area contributed by atoms with E-state index >= 15 is 0 Å². The molecule has 0 spiro atoms. The van der Waals surface area contributed by atoms with Gasteiger partial charge in [0.1, 0.15) is 11.3 Å². The van der Waals surface area contributed by atoms with Crippen LogP contribution in [0.4, 0.5) is 0 Å². The molecule has 0 radical (unpaired) electrons. The van der Waals surface area contributed by atoms with Gasteiger partial charge in [0.2, 0.25) is 0 Å². The quantitative estimate of drug-likeness (QED) is 0.152. The van der Waals surface area contributed by atoms with E-state index in [-0.39, 0.29) is 0 Å². The first-order valence-electron chi connectivity index (χ1n) is 15.9. The lowest BCUT2D eigenvalue weighted by atomic mass is 9.85. The predicted molar refractivity (Wildman–Crippen MR) is 191 cm³/mol. The van der Waals surface area contributed by atoms with Crippen LogP contribution in [0, 0.1) is 0 Å². The Morgan fingerprint density at radius 2 is 1.11 bits per heavy atom. The molecule has 46 heavy (non-hydrogen) atoms. The molecule has 1 aliphatic heterocycles. The molecule has 0 aliphatic carbocycles. The van der Waals surface area contributed by atoms with Crippen molar-refractivity contribution in [1.82, 2.24) is 9.55 Å². The molecule has 0 fully saturated rings. The molecule has 8 aromatic carbocycles. The van der Waals surface area contributed by atoms with Gasteiger partial charge in [-0.2, -0.15) is 0 Å². The normalized spacial score (nSPS) is 12.3. The summed E-state index contributed by atoms with van der Waals surface area (Å²) < 4.78 is 8.88. The Labute approximate surface area is 265 Å². The van der Waals surface area contributed by atoms with Crippen LogP contribution in [0.5, 0.6) is 11.5 Å². The summed E-state index contributed by atoms with van der Waals surface area (Å²) in [5, 5.41) is 10.0. The smallest absolute Gasteiger partial charge is 0.153 e. The van der Waals surface area contributed by atoms with Crippen LogP contribution in [0.15, 0.2) is 140 Å². The third-order valence-electron chi connectivity index (χ3n) is 9.70. The molecule has 0 saturated carbocycles. The van der Waals surface area contributed by atoms with Gasteiger partial charge in [0, 0.05) is 6.42 Å². The molecule has 0 unspecified atom stereocenters. The van der Waals surface area contributed by atoms with Crippen LogP contribution in [0.25, 0.3) is 82.1 Å². The standard InChI is InChI=1S/C43H28N2O/c1-2-40-44-36-16-9-17-38-43(36)45(40)37-23-22-29(25-39(37)46-38)42-33-14-7-5-12-31(33)41(32-13-6-8-15-34(32)42)28-21-20-27-19-18-26-10-3-4-11-30(26)35(27)24-28/h3-25H,2H2,1H3. The van der Waals surface area contributed by atoms with Crippen molar-refractivity contribution in [2.45, 2.75) is 13.3 Å². The average Bonchev–Trinajstić information content (AvgIpc) is 3.50. The molecule has 3 heteroatoms. The summed E-state index contributed by atoms with van der Waals surface area (Å²) in [6, 6.07) is 50.5. The summed E-state index contributed by atoms with van der Waals surface area (Å²) in [6.45, 7) is 2.16. The lowest BCUT2D eigenvalue weighted by Crippen LogP contribution is -2.07. The molecule has 3 nitrogen and oxygen atoms in total. The number of benzene rings is 8. The van der Waals surface area contributed by atoms with Gasteiger partial charge in [0.15, 0.2) is 11.5 Å². The van der Waals surface area contributed by atoms with Crippen molar-refractivity contribution in [3.05, 3.63) is 145 Å². The maximum Gasteiger partial charge on any atom is 0.153 e. The fourth-order valence-electron chi connectivity index (χ4n) is 7.69. The second-order valence-electron chi connectivity index (χ2n) is 12.2. The monoisotopic (exact) mass is 588 g/mol. The fourth-order valence-corrected chi connectivity index (χ4v) is 7.69. The highest BCUT2D eigenvalue weighted by atomic mass is 16.5. The van der Waals surface area contributed by atoms with E-state index < -0.39 is 0 Å². The molecule has 216 valence electrons. The van der Waals surface area contributed by atoms with E-state index in [0.717, 1.165) is 46.0 Å². The number of nitrogens with zero attached hydrogens (tertiary/aromatic N) is 2. The highest BCUT2D eigenvalue weighted by Gasteiger charge is 2.25. The van der Waals surface area contributed by atoms with Gasteiger partial charge in [-0.1, -0.05) is 116 Å². The van der Waals surface area contributed by atoms with E-state index in [2.05, 4.69) is 139 Å². The van der Waals surface area contributed by atoms with Crippen molar-refractivity contribution in [3.8, 4) is 39.4 Å². The number of para-hydroxylation sites is 1. The van der Waals surface area contributed by atoms with Crippen molar-refractivity contribution < 1.29 is 4.74 Å². The molecule has 9 aromatic rings. The van der Waals surface area contributed by atoms with Gasteiger partial charge in [-0.3, -0.25) is 4.57 Å². The van der Waals surface area contributed by atoms with Gasteiger partial charge < -0.3 is 4.74 Å². The van der Waals surface area contributed by atoms with Crippen molar-refractivity contribution >= 4 is 54.1 Å². The Kier molecular flexibility index (Phi) is 5.26. The van der Waals surface area contributed by atoms with Crippen molar-refractivity contribution in [1.29, 1.82) is 0 Å². The first kappa shape index (κ1) is 25.4. The third-order valence-corrected chi connectivity index (χ3v) is 9.70. The Morgan fingerprint density at radius 1 is 0.522 bits per heavy atom. The number of hydrogen-bond donors (Lipinski definition) is 0. The first-order valence-corrected chi connectivity index (χ1v) is 15.9. The Bertz CT molecular complexity index is 2660. The highest BCUT2D eigenvalue weighted by Crippen LogP contribution is 2.47. The molecule has 1 aromatic heterocycles. The number of aromatic nitrogens is 2. The summed E-state index contributed by atoms with van der Waals surface area (Å²) in [4.78, 5) is 4.92. The van der Waals surface area contributed by atoms with Crippen LogP contribution in [0.3, 0.4) is 0 Å². The summed E-state index contributed by atoms with van der Waals surface area (Å²) >= 11 is 0. The molecule has 0 atom stereocenters. The fraction of sp³-hybridized carbons (Fsp3) is 0.0465. The van der Waals surface area contributed by atoms with Gasteiger partial charge in [0.25, 0.3) is 0 Å². The predicted octanol–water partition coefficient (Wildman–Crippen LogP) is 11.6. The summed E-state index contributed by atoms with van der Waals surface area (Å²) in [6.07, 6.45) is 0.844. The van der Waals surface area contributed by atoms with Crippen LogP contribution in [-0.2, 0) is 6.42 Å². The van der Waals surface area contributed by atoms with Crippen LogP contribution in [0.1, 0.15) is 12.7 Å². The maximum absolute atomic E-state index is 6.60. The van der Waals surface area contributed by atoms with Crippen LogP contribution in [0.2, 0.25) is 0 Å². The highest BCUT2D eigenvalue weighted by molar-refractivity contribution is 6.22. The molecule has 0 N–H and O–H groups in total. The largest absolute Gasteiger partial charge is 0.453 e. The molecular weight excluding hydrogens is 560 g/mol. The molecular formula is C43H28N2O. The Morgan fingerprint density at radius 3 is 1.80 bits per heavy atom. The van der Waals surface area contributed by atoms with Gasteiger partial charge >= 0.3 is 0 Å². The van der Waals surface area contributed by atoms with E-state index in [1.807, 2.05) is 12.1 Å².